The van der Waals surface area contributed by atoms with Crippen LogP contribution in [0.1, 0.15) is 17.0 Å². The maximum absolute atomic E-state index is 11.4. The van der Waals surface area contributed by atoms with E-state index in [2.05, 4.69) is 22.9 Å². The van der Waals surface area contributed by atoms with Gasteiger partial charge in [-0.25, -0.2) is 4.98 Å². The molecule has 3 rings (SSSR count). The van der Waals surface area contributed by atoms with Gasteiger partial charge in [-0.1, -0.05) is 6.58 Å². The van der Waals surface area contributed by atoms with Gasteiger partial charge in [0.15, 0.2) is 22.7 Å². The van der Waals surface area contributed by atoms with Gasteiger partial charge in [0.1, 0.15) is 5.75 Å². The van der Waals surface area contributed by atoms with Crippen LogP contribution in [-0.4, -0.2) is 10.9 Å². The lowest BCUT2D eigenvalue weighted by Crippen LogP contribution is -2.19. The molecule has 124 valence electrons. The van der Waals surface area contributed by atoms with E-state index in [0.29, 0.717) is 40.6 Å². The topological polar surface area (TPSA) is 88.1 Å². The van der Waals surface area contributed by atoms with E-state index in [1.807, 2.05) is 6.07 Å². The summed E-state index contributed by atoms with van der Waals surface area (Å²) >= 11 is 0. The summed E-state index contributed by atoms with van der Waals surface area (Å²) in [6.07, 6.45) is 1.21. The molecule has 25 heavy (non-hydrogen) atoms. The molecule has 0 atom stereocenters. The van der Waals surface area contributed by atoms with Gasteiger partial charge in [0.2, 0.25) is 5.91 Å². The lowest BCUT2D eigenvalue weighted by molar-refractivity contribution is -0.116. The largest absolute Gasteiger partial charge is 0.455 e. The molecule has 0 radical (unpaired) electrons. The number of oxazole rings is 1. The standard InChI is InChI=1S/C19H15N3O3/c1-3-17(23)21-11-14-6-9-16(18-19(14)24-12(2)22-18)25-15-7-4-13(10-20)5-8-15/h3-9H,1,11H2,2H3,(H,21,23). The fourth-order valence-electron chi connectivity index (χ4n) is 2.34. The van der Waals surface area contributed by atoms with Gasteiger partial charge in [0, 0.05) is 19.0 Å². The molecule has 6 heteroatoms. The van der Waals surface area contributed by atoms with Crippen LogP contribution in [0.3, 0.4) is 0 Å². The van der Waals surface area contributed by atoms with Crippen molar-refractivity contribution in [2.24, 2.45) is 0 Å². The molecule has 0 bridgehead atoms. The van der Waals surface area contributed by atoms with Gasteiger partial charge in [0.25, 0.3) is 0 Å². The van der Waals surface area contributed by atoms with Crippen LogP contribution >= 0.6 is 0 Å². The van der Waals surface area contributed by atoms with Crippen LogP contribution in [-0.2, 0) is 11.3 Å². The number of nitrogens with one attached hydrogen (secondary N) is 1. The molecule has 0 saturated heterocycles. The number of carbonyl (C=O) groups excluding carboxylic acids is 1. The lowest BCUT2D eigenvalue weighted by Gasteiger charge is -2.08. The van der Waals surface area contributed by atoms with Gasteiger partial charge in [-0.3, -0.25) is 4.79 Å². The minimum Gasteiger partial charge on any atom is -0.455 e. The van der Waals surface area contributed by atoms with Gasteiger partial charge >= 0.3 is 0 Å². The third-order valence-electron chi connectivity index (χ3n) is 3.54. The first kappa shape index (κ1) is 16.3. The fraction of sp³-hybridized carbons (Fsp3) is 0.105. The fourth-order valence-corrected chi connectivity index (χ4v) is 2.34. The monoisotopic (exact) mass is 333 g/mol. The van der Waals surface area contributed by atoms with Crippen molar-refractivity contribution in [2.45, 2.75) is 13.5 Å². The van der Waals surface area contributed by atoms with Crippen LogP contribution in [0.15, 0.2) is 53.5 Å². The molecular formula is C19H15N3O3. The molecule has 1 amide bonds. The number of nitrogens with zero attached hydrogens (tertiary/aromatic N) is 2. The number of aryl methyl sites for hydroxylation is 1. The van der Waals surface area contributed by atoms with E-state index in [-0.39, 0.29) is 5.91 Å². The Bertz CT molecular complexity index is 982. The van der Waals surface area contributed by atoms with Crippen LogP contribution < -0.4 is 10.1 Å². The Morgan fingerprint density at radius 2 is 2.12 bits per heavy atom. The van der Waals surface area contributed by atoms with Crippen molar-refractivity contribution in [1.29, 1.82) is 5.26 Å². The summed E-state index contributed by atoms with van der Waals surface area (Å²) in [4.78, 5) is 15.7. The number of carbonyl (C=O) groups is 1. The first-order chi connectivity index (χ1) is 12.1. The summed E-state index contributed by atoms with van der Waals surface area (Å²) in [6.45, 7) is 5.47. The molecule has 0 saturated carbocycles. The number of fused-ring (bicyclic) bond motifs is 1. The van der Waals surface area contributed by atoms with Crippen LogP contribution in [0.4, 0.5) is 0 Å². The maximum atomic E-state index is 11.4. The summed E-state index contributed by atoms with van der Waals surface area (Å²) in [5.74, 6) is 1.37. The number of benzene rings is 2. The normalized spacial score (nSPS) is 10.2. The first-order valence-electron chi connectivity index (χ1n) is 7.58. The molecule has 0 unspecified atom stereocenters. The van der Waals surface area contributed by atoms with Gasteiger partial charge < -0.3 is 14.5 Å². The van der Waals surface area contributed by atoms with Gasteiger partial charge in [-0.15, -0.1) is 0 Å². The van der Waals surface area contributed by atoms with E-state index in [9.17, 15) is 4.79 Å². The molecule has 1 aromatic heterocycles. The zero-order valence-electron chi connectivity index (χ0n) is 13.6. The van der Waals surface area contributed by atoms with Crippen molar-refractivity contribution in [3.05, 3.63) is 66.1 Å². The van der Waals surface area contributed by atoms with Crippen molar-refractivity contribution in [3.8, 4) is 17.6 Å². The maximum Gasteiger partial charge on any atom is 0.243 e. The molecule has 1 N–H and O–H groups in total. The predicted octanol–water partition coefficient (Wildman–Crippen LogP) is 3.60. The number of hydrogen-bond acceptors (Lipinski definition) is 5. The minimum atomic E-state index is -0.262. The molecule has 2 aromatic carbocycles. The highest BCUT2D eigenvalue weighted by atomic mass is 16.5. The van der Waals surface area contributed by atoms with Gasteiger partial charge in [-0.2, -0.15) is 5.26 Å². The van der Waals surface area contributed by atoms with Gasteiger partial charge in [0.05, 0.1) is 11.6 Å². The van der Waals surface area contributed by atoms with Crippen LogP contribution in [0.5, 0.6) is 11.5 Å². The van der Waals surface area contributed by atoms with E-state index in [4.69, 9.17) is 14.4 Å². The first-order valence-corrected chi connectivity index (χ1v) is 7.58. The molecule has 3 aromatic rings. The predicted molar refractivity (Wildman–Crippen MR) is 92.0 cm³/mol. The summed E-state index contributed by atoms with van der Waals surface area (Å²) in [5, 5.41) is 11.6. The molecule has 1 heterocycles. The Labute approximate surface area is 144 Å². The Kier molecular flexibility index (Phi) is 4.48. The van der Waals surface area contributed by atoms with Crippen molar-refractivity contribution < 1.29 is 13.9 Å². The van der Waals surface area contributed by atoms with E-state index >= 15 is 0 Å². The summed E-state index contributed by atoms with van der Waals surface area (Å²) in [5.41, 5.74) is 2.49. The highest BCUT2D eigenvalue weighted by molar-refractivity contribution is 5.88. The van der Waals surface area contributed by atoms with E-state index in [1.165, 1.54) is 6.08 Å². The molecule has 6 nitrogen and oxygen atoms in total. The minimum absolute atomic E-state index is 0.262. The zero-order chi connectivity index (χ0) is 17.8. The Balaban J connectivity index is 1.92. The smallest absolute Gasteiger partial charge is 0.243 e. The molecular weight excluding hydrogens is 318 g/mol. The number of amides is 1. The second-order valence-electron chi connectivity index (χ2n) is 5.29. The third kappa shape index (κ3) is 3.51. The number of ether oxygens (including phenoxy) is 1. The molecule has 0 aliphatic heterocycles. The van der Waals surface area contributed by atoms with Crippen LogP contribution in [0.25, 0.3) is 11.1 Å². The van der Waals surface area contributed by atoms with E-state index < -0.39 is 0 Å². The number of hydrogen-bond donors (Lipinski definition) is 1. The Morgan fingerprint density at radius 1 is 1.36 bits per heavy atom. The quantitative estimate of drug-likeness (QED) is 0.721. The number of aromatic nitrogens is 1. The third-order valence-corrected chi connectivity index (χ3v) is 3.54. The van der Waals surface area contributed by atoms with Crippen molar-refractivity contribution in [3.63, 3.8) is 0 Å². The molecule has 0 spiro atoms. The second kappa shape index (κ2) is 6.89. The Hall–Kier alpha value is -3.59. The average molecular weight is 333 g/mol. The molecule has 0 aliphatic carbocycles. The SMILES string of the molecule is C=CC(=O)NCc1ccc(Oc2ccc(C#N)cc2)c2nc(C)oc12. The zero-order valence-corrected chi connectivity index (χ0v) is 13.6. The number of rotatable bonds is 5. The van der Waals surface area contributed by atoms with E-state index in [0.717, 1.165) is 5.56 Å². The number of nitriles is 1. The average Bonchev–Trinajstić information content (AvgIpc) is 3.03. The van der Waals surface area contributed by atoms with Crippen LogP contribution in [0, 0.1) is 18.3 Å². The molecule has 0 fully saturated rings. The van der Waals surface area contributed by atoms with Crippen LogP contribution in [0.2, 0.25) is 0 Å². The Morgan fingerprint density at radius 3 is 2.80 bits per heavy atom. The lowest BCUT2D eigenvalue weighted by atomic mass is 10.1. The van der Waals surface area contributed by atoms with Crippen molar-refractivity contribution >= 4 is 17.0 Å². The summed E-state index contributed by atoms with van der Waals surface area (Å²) in [7, 11) is 0. The second-order valence-corrected chi connectivity index (χ2v) is 5.29. The van der Waals surface area contributed by atoms with E-state index in [1.54, 1.807) is 37.3 Å². The van der Waals surface area contributed by atoms with Gasteiger partial charge in [-0.05, 0) is 42.5 Å². The summed E-state index contributed by atoms with van der Waals surface area (Å²) < 4.78 is 11.5. The molecule has 0 aliphatic rings. The van der Waals surface area contributed by atoms with Crippen molar-refractivity contribution in [2.75, 3.05) is 0 Å². The highest BCUT2D eigenvalue weighted by Gasteiger charge is 2.14. The highest BCUT2D eigenvalue weighted by Crippen LogP contribution is 2.32. The van der Waals surface area contributed by atoms with Crippen molar-refractivity contribution in [1.82, 2.24) is 10.3 Å². The summed E-state index contributed by atoms with van der Waals surface area (Å²) in [6, 6.07) is 12.4.